The molecule has 2 aliphatic rings. The lowest BCUT2D eigenvalue weighted by molar-refractivity contribution is 0.000867. The van der Waals surface area contributed by atoms with Crippen LogP contribution in [0.5, 0.6) is 0 Å². The van der Waals surface area contributed by atoms with Gasteiger partial charge < -0.3 is 10.1 Å². The van der Waals surface area contributed by atoms with Crippen molar-refractivity contribution >= 4 is 0 Å². The van der Waals surface area contributed by atoms with E-state index in [0.717, 1.165) is 39.2 Å². The van der Waals surface area contributed by atoms with Gasteiger partial charge in [-0.3, -0.25) is 4.90 Å². The van der Waals surface area contributed by atoms with Gasteiger partial charge in [-0.15, -0.1) is 0 Å². The van der Waals surface area contributed by atoms with E-state index in [1.54, 1.807) is 0 Å². The van der Waals surface area contributed by atoms with Crippen LogP contribution >= 0.6 is 0 Å². The van der Waals surface area contributed by atoms with Gasteiger partial charge in [-0.2, -0.15) is 0 Å². The van der Waals surface area contributed by atoms with Gasteiger partial charge in [-0.05, 0) is 24.0 Å². The average molecular weight is 260 g/mol. The number of nitrogens with one attached hydrogen (secondary N) is 1. The largest absolute Gasteiger partial charge is 0.372 e. The predicted octanol–water partition coefficient (Wildman–Crippen LogP) is 1.98. The summed E-state index contributed by atoms with van der Waals surface area (Å²) in [7, 11) is 0. The highest BCUT2D eigenvalue weighted by Crippen LogP contribution is 2.28. The second-order valence-electron chi connectivity index (χ2n) is 5.57. The molecule has 0 aromatic heterocycles. The van der Waals surface area contributed by atoms with Crippen LogP contribution in [0.15, 0.2) is 24.3 Å². The number of hydrogen-bond acceptors (Lipinski definition) is 3. The van der Waals surface area contributed by atoms with Gasteiger partial charge >= 0.3 is 0 Å². The second kappa shape index (κ2) is 6.04. The van der Waals surface area contributed by atoms with Crippen LogP contribution in [-0.4, -0.2) is 43.7 Å². The van der Waals surface area contributed by atoms with Crippen molar-refractivity contribution in [2.24, 2.45) is 0 Å². The van der Waals surface area contributed by atoms with Gasteiger partial charge in [0.15, 0.2) is 0 Å². The molecule has 104 valence electrons. The van der Waals surface area contributed by atoms with Crippen LogP contribution in [0.3, 0.4) is 0 Å². The first-order chi connectivity index (χ1) is 9.38. The molecule has 1 fully saturated rings. The summed E-state index contributed by atoms with van der Waals surface area (Å²) in [6.07, 6.45) is 2.53. The summed E-state index contributed by atoms with van der Waals surface area (Å²) in [5, 5.41) is 3.49. The summed E-state index contributed by atoms with van der Waals surface area (Å²) in [4.78, 5) is 2.60. The summed E-state index contributed by atoms with van der Waals surface area (Å²) in [5.74, 6) is 0. The summed E-state index contributed by atoms with van der Waals surface area (Å²) in [5.41, 5.74) is 2.88. The number of fused-ring (bicyclic) bond motifs is 1. The molecule has 2 atom stereocenters. The summed E-state index contributed by atoms with van der Waals surface area (Å²) < 4.78 is 6.04. The van der Waals surface area contributed by atoms with Gasteiger partial charge in [-0.1, -0.05) is 31.2 Å². The number of rotatable bonds is 3. The van der Waals surface area contributed by atoms with E-state index in [-0.39, 0.29) is 6.10 Å². The van der Waals surface area contributed by atoms with E-state index in [1.807, 2.05) is 0 Å². The van der Waals surface area contributed by atoms with E-state index in [4.69, 9.17) is 4.74 Å². The fraction of sp³-hybridized carbons (Fsp3) is 0.625. The Morgan fingerprint density at radius 1 is 1.37 bits per heavy atom. The molecule has 0 saturated carbocycles. The molecular formula is C16H24N2O. The molecule has 0 spiro atoms. The highest BCUT2D eigenvalue weighted by molar-refractivity contribution is 5.31. The van der Waals surface area contributed by atoms with Crippen molar-refractivity contribution in [1.29, 1.82) is 0 Å². The fourth-order valence-electron chi connectivity index (χ4n) is 3.29. The van der Waals surface area contributed by atoms with Crippen LogP contribution in [0.4, 0.5) is 0 Å². The molecule has 1 N–H and O–H groups in total. The minimum atomic E-state index is 0.261. The van der Waals surface area contributed by atoms with Crippen LogP contribution in [0.2, 0.25) is 0 Å². The number of benzene rings is 1. The van der Waals surface area contributed by atoms with Crippen LogP contribution in [0, 0.1) is 0 Å². The molecule has 1 aromatic carbocycles. The zero-order valence-electron chi connectivity index (χ0n) is 11.8. The number of piperazine rings is 1. The topological polar surface area (TPSA) is 24.5 Å². The van der Waals surface area contributed by atoms with E-state index >= 15 is 0 Å². The average Bonchev–Trinajstić information content (AvgIpc) is 2.48. The summed E-state index contributed by atoms with van der Waals surface area (Å²) in [6.45, 7) is 7.54. The molecular weight excluding hydrogens is 236 g/mol. The highest BCUT2D eigenvalue weighted by Gasteiger charge is 2.27. The molecule has 2 unspecified atom stereocenters. The summed E-state index contributed by atoms with van der Waals surface area (Å²) >= 11 is 0. The monoisotopic (exact) mass is 260 g/mol. The van der Waals surface area contributed by atoms with E-state index in [1.165, 1.54) is 17.5 Å². The molecule has 3 rings (SSSR count). The maximum absolute atomic E-state index is 6.04. The van der Waals surface area contributed by atoms with Crippen LogP contribution < -0.4 is 5.32 Å². The molecule has 0 radical (unpaired) electrons. The molecule has 3 heteroatoms. The maximum Gasteiger partial charge on any atom is 0.0954 e. The van der Waals surface area contributed by atoms with Gasteiger partial charge in [-0.25, -0.2) is 0 Å². The van der Waals surface area contributed by atoms with E-state index in [0.29, 0.717) is 6.04 Å². The van der Waals surface area contributed by atoms with Crippen molar-refractivity contribution in [1.82, 2.24) is 10.2 Å². The molecule has 2 heterocycles. The Labute approximate surface area is 115 Å². The van der Waals surface area contributed by atoms with Crippen LogP contribution in [-0.2, 0) is 11.2 Å². The standard InChI is InChI=1S/C16H24N2O/c1-2-14-11-17-8-9-18(14)12-16-15-6-4-3-5-13(15)7-10-19-16/h3-6,14,16-17H,2,7-12H2,1H3. The van der Waals surface area contributed by atoms with Crippen LogP contribution in [0.1, 0.15) is 30.6 Å². The lowest BCUT2D eigenvalue weighted by Gasteiger charge is -2.39. The molecule has 1 saturated heterocycles. The highest BCUT2D eigenvalue weighted by atomic mass is 16.5. The van der Waals surface area contributed by atoms with Gasteiger partial charge in [0.05, 0.1) is 12.7 Å². The molecule has 19 heavy (non-hydrogen) atoms. The van der Waals surface area contributed by atoms with Crippen molar-refractivity contribution in [3.8, 4) is 0 Å². The van der Waals surface area contributed by atoms with Crippen LogP contribution in [0.25, 0.3) is 0 Å². The molecule has 2 aliphatic heterocycles. The van der Waals surface area contributed by atoms with Crippen molar-refractivity contribution in [3.05, 3.63) is 35.4 Å². The first-order valence-corrected chi connectivity index (χ1v) is 7.52. The Hall–Kier alpha value is -0.900. The van der Waals surface area contributed by atoms with Gasteiger partial charge in [0, 0.05) is 32.2 Å². The third-order valence-corrected chi connectivity index (χ3v) is 4.44. The Morgan fingerprint density at radius 3 is 3.16 bits per heavy atom. The Morgan fingerprint density at radius 2 is 2.26 bits per heavy atom. The second-order valence-corrected chi connectivity index (χ2v) is 5.57. The van der Waals surface area contributed by atoms with Gasteiger partial charge in [0.1, 0.15) is 0 Å². The number of nitrogens with zero attached hydrogens (tertiary/aromatic N) is 1. The minimum absolute atomic E-state index is 0.261. The number of ether oxygens (including phenoxy) is 1. The normalized spacial score (nSPS) is 28.1. The van der Waals surface area contributed by atoms with E-state index < -0.39 is 0 Å². The molecule has 1 aromatic rings. The molecule has 3 nitrogen and oxygen atoms in total. The third kappa shape index (κ3) is 2.83. The SMILES string of the molecule is CCC1CNCCN1CC1OCCc2ccccc21. The fourth-order valence-corrected chi connectivity index (χ4v) is 3.29. The molecule has 0 bridgehead atoms. The van der Waals surface area contributed by atoms with Gasteiger partial charge in [0.25, 0.3) is 0 Å². The summed E-state index contributed by atoms with van der Waals surface area (Å²) in [6, 6.07) is 9.42. The first kappa shape index (κ1) is 13.1. The predicted molar refractivity (Wildman–Crippen MR) is 77.4 cm³/mol. The lowest BCUT2D eigenvalue weighted by atomic mass is 9.96. The minimum Gasteiger partial charge on any atom is -0.372 e. The Kier molecular flexibility index (Phi) is 4.16. The van der Waals surface area contributed by atoms with Crippen molar-refractivity contribution in [3.63, 3.8) is 0 Å². The van der Waals surface area contributed by atoms with Crippen molar-refractivity contribution < 1.29 is 4.74 Å². The zero-order chi connectivity index (χ0) is 13.1. The van der Waals surface area contributed by atoms with Crippen molar-refractivity contribution in [2.75, 3.05) is 32.8 Å². The smallest absolute Gasteiger partial charge is 0.0954 e. The Balaban J connectivity index is 1.73. The van der Waals surface area contributed by atoms with Gasteiger partial charge in [0.2, 0.25) is 0 Å². The first-order valence-electron chi connectivity index (χ1n) is 7.52. The maximum atomic E-state index is 6.04. The third-order valence-electron chi connectivity index (χ3n) is 4.44. The van der Waals surface area contributed by atoms with E-state index in [2.05, 4.69) is 41.4 Å². The van der Waals surface area contributed by atoms with Crippen molar-refractivity contribution in [2.45, 2.75) is 31.9 Å². The quantitative estimate of drug-likeness (QED) is 0.899. The Bertz CT molecular complexity index is 421. The lowest BCUT2D eigenvalue weighted by Crippen LogP contribution is -2.52. The zero-order valence-corrected chi connectivity index (χ0v) is 11.8. The molecule has 0 amide bonds. The number of hydrogen-bond donors (Lipinski definition) is 1. The molecule has 0 aliphatic carbocycles. The van der Waals surface area contributed by atoms with E-state index in [9.17, 15) is 0 Å².